The maximum Gasteiger partial charge on any atom is 0.317 e. The zero-order chi connectivity index (χ0) is 18.4. The van der Waals surface area contributed by atoms with Crippen LogP contribution in [-0.2, 0) is 5.41 Å². The molecule has 0 bridgehead atoms. The number of hydrogen-bond donors (Lipinski definition) is 2. The molecule has 0 radical (unpaired) electrons. The molecule has 0 aliphatic heterocycles. The van der Waals surface area contributed by atoms with Crippen LogP contribution in [0.25, 0.3) is 0 Å². The van der Waals surface area contributed by atoms with Gasteiger partial charge in [-0.3, -0.25) is 0 Å². The second-order valence-electron chi connectivity index (χ2n) is 7.74. The van der Waals surface area contributed by atoms with Crippen molar-refractivity contribution in [3.8, 4) is 5.75 Å². The largest absolute Gasteiger partial charge is 0.497 e. The van der Waals surface area contributed by atoms with Crippen LogP contribution in [-0.4, -0.2) is 49.4 Å². The first kappa shape index (κ1) is 19.6. The molecule has 0 aromatic heterocycles. The highest BCUT2D eigenvalue weighted by Crippen LogP contribution is 2.27. The van der Waals surface area contributed by atoms with Gasteiger partial charge in [-0.2, -0.15) is 0 Å². The molecule has 1 aromatic rings. The van der Waals surface area contributed by atoms with E-state index in [1.54, 1.807) is 7.11 Å². The van der Waals surface area contributed by atoms with E-state index in [1.165, 1.54) is 5.56 Å². The third-order valence-corrected chi connectivity index (χ3v) is 5.50. The molecule has 5 nitrogen and oxygen atoms in total. The molecular weight excluding hydrogens is 316 g/mol. The average molecular weight is 348 g/mol. The minimum atomic E-state index is -0.155. The van der Waals surface area contributed by atoms with Gasteiger partial charge in [0.05, 0.1) is 7.11 Å². The lowest BCUT2D eigenvalue weighted by Gasteiger charge is -2.35. The standard InChI is InChI=1S/C20H32N2O3/c1-20(2,16-7-11-18(25-4)12-8-16)14-21-19(24)22(3)17-9-5-15(13-23)6-10-17/h7-8,11-12,15,17,23H,5-6,9-10,13-14H2,1-4H3,(H,21,24). The molecule has 25 heavy (non-hydrogen) atoms. The first-order valence-electron chi connectivity index (χ1n) is 9.13. The predicted molar refractivity (Wildman–Crippen MR) is 100 cm³/mol. The molecule has 0 saturated heterocycles. The molecule has 0 unspecified atom stereocenters. The van der Waals surface area contributed by atoms with Crippen molar-refractivity contribution in [2.45, 2.75) is 51.0 Å². The summed E-state index contributed by atoms with van der Waals surface area (Å²) in [7, 11) is 3.53. The Morgan fingerprint density at radius 3 is 2.36 bits per heavy atom. The number of carbonyl (C=O) groups excluding carboxylic acids is 1. The smallest absolute Gasteiger partial charge is 0.317 e. The molecule has 1 fully saturated rings. The zero-order valence-corrected chi connectivity index (χ0v) is 15.9. The Balaban J connectivity index is 1.87. The number of rotatable bonds is 6. The highest BCUT2D eigenvalue weighted by molar-refractivity contribution is 5.74. The normalized spacial score (nSPS) is 20.8. The molecule has 1 saturated carbocycles. The minimum Gasteiger partial charge on any atom is -0.497 e. The Kier molecular flexibility index (Phi) is 6.71. The third-order valence-electron chi connectivity index (χ3n) is 5.50. The fourth-order valence-corrected chi connectivity index (χ4v) is 3.45. The molecule has 140 valence electrons. The number of amides is 2. The van der Waals surface area contributed by atoms with Crippen molar-refractivity contribution >= 4 is 6.03 Å². The summed E-state index contributed by atoms with van der Waals surface area (Å²) in [5, 5.41) is 12.3. The van der Waals surface area contributed by atoms with Crippen LogP contribution in [0.2, 0.25) is 0 Å². The van der Waals surface area contributed by atoms with E-state index in [1.807, 2.05) is 36.2 Å². The van der Waals surface area contributed by atoms with E-state index in [0.29, 0.717) is 12.5 Å². The maximum absolute atomic E-state index is 12.5. The summed E-state index contributed by atoms with van der Waals surface area (Å²) in [6, 6.07) is 8.24. The fraction of sp³-hybridized carbons (Fsp3) is 0.650. The van der Waals surface area contributed by atoms with Crippen LogP contribution in [0, 0.1) is 5.92 Å². The average Bonchev–Trinajstić information content (AvgIpc) is 2.65. The number of benzene rings is 1. The van der Waals surface area contributed by atoms with Crippen LogP contribution in [0.5, 0.6) is 5.75 Å². The van der Waals surface area contributed by atoms with Crippen LogP contribution >= 0.6 is 0 Å². The first-order chi connectivity index (χ1) is 11.9. The third kappa shape index (κ3) is 5.11. The van der Waals surface area contributed by atoms with Crippen molar-refractivity contribution in [3.63, 3.8) is 0 Å². The summed E-state index contributed by atoms with van der Waals surface area (Å²) in [4.78, 5) is 14.3. The molecule has 2 rings (SSSR count). The number of nitrogens with zero attached hydrogens (tertiary/aromatic N) is 1. The van der Waals surface area contributed by atoms with Crippen molar-refractivity contribution in [2.24, 2.45) is 5.92 Å². The van der Waals surface area contributed by atoms with Gasteiger partial charge in [-0.1, -0.05) is 26.0 Å². The molecule has 1 aliphatic carbocycles. The van der Waals surface area contributed by atoms with Gasteiger partial charge in [-0.05, 0) is 49.3 Å². The molecule has 0 heterocycles. The molecule has 2 amide bonds. The molecule has 2 N–H and O–H groups in total. The maximum atomic E-state index is 12.5. The SMILES string of the molecule is COc1ccc(C(C)(C)CNC(=O)N(C)C2CCC(CO)CC2)cc1. The van der Waals surface area contributed by atoms with Crippen LogP contribution in [0.3, 0.4) is 0 Å². The lowest BCUT2D eigenvalue weighted by atomic mass is 9.84. The van der Waals surface area contributed by atoms with Gasteiger partial charge in [0.1, 0.15) is 5.75 Å². The number of aliphatic hydroxyl groups excluding tert-OH is 1. The summed E-state index contributed by atoms with van der Waals surface area (Å²) in [6.45, 7) is 5.09. The van der Waals surface area contributed by atoms with Gasteiger partial charge in [0.2, 0.25) is 0 Å². The van der Waals surface area contributed by atoms with E-state index in [9.17, 15) is 9.90 Å². The van der Waals surface area contributed by atoms with E-state index in [-0.39, 0.29) is 24.1 Å². The first-order valence-corrected chi connectivity index (χ1v) is 9.13. The number of hydrogen-bond acceptors (Lipinski definition) is 3. The van der Waals surface area contributed by atoms with Gasteiger partial charge in [0.25, 0.3) is 0 Å². The predicted octanol–water partition coefficient (Wildman–Crippen LogP) is 3.17. The van der Waals surface area contributed by atoms with Gasteiger partial charge in [-0.25, -0.2) is 4.79 Å². The minimum absolute atomic E-state index is 0.0194. The molecule has 1 aliphatic rings. The second-order valence-corrected chi connectivity index (χ2v) is 7.74. The lowest BCUT2D eigenvalue weighted by molar-refractivity contribution is 0.133. The summed E-state index contributed by atoms with van der Waals surface area (Å²) in [5.74, 6) is 1.24. The highest BCUT2D eigenvalue weighted by Gasteiger charge is 2.27. The Morgan fingerprint density at radius 2 is 1.84 bits per heavy atom. The van der Waals surface area contributed by atoms with E-state index >= 15 is 0 Å². The van der Waals surface area contributed by atoms with E-state index in [2.05, 4.69) is 19.2 Å². The van der Waals surface area contributed by atoms with Gasteiger partial charge < -0.3 is 20.1 Å². The second kappa shape index (κ2) is 8.56. The topological polar surface area (TPSA) is 61.8 Å². The van der Waals surface area contributed by atoms with E-state index in [4.69, 9.17) is 4.74 Å². The van der Waals surface area contributed by atoms with Gasteiger partial charge in [0.15, 0.2) is 0 Å². The van der Waals surface area contributed by atoms with E-state index in [0.717, 1.165) is 31.4 Å². The number of nitrogens with one attached hydrogen (secondary N) is 1. The van der Waals surface area contributed by atoms with Crippen molar-refractivity contribution in [1.82, 2.24) is 10.2 Å². The summed E-state index contributed by atoms with van der Waals surface area (Å²) in [6.07, 6.45) is 3.93. The lowest BCUT2D eigenvalue weighted by Crippen LogP contribution is -2.48. The Labute approximate surface area is 151 Å². The summed E-state index contributed by atoms with van der Waals surface area (Å²) < 4.78 is 5.20. The van der Waals surface area contributed by atoms with Gasteiger partial charge in [-0.15, -0.1) is 0 Å². The molecule has 1 aromatic carbocycles. The van der Waals surface area contributed by atoms with Crippen LogP contribution in [0.1, 0.15) is 45.1 Å². The molecule has 5 heteroatoms. The van der Waals surface area contributed by atoms with Crippen molar-refractivity contribution in [2.75, 3.05) is 27.3 Å². The number of carbonyl (C=O) groups is 1. The van der Waals surface area contributed by atoms with Gasteiger partial charge in [0, 0.05) is 31.7 Å². The van der Waals surface area contributed by atoms with Crippen LogP contribution in [0.15, 0.2) is 24.3 Å². The number of ether oxygens (including phenoxy) is 1. The van der Waals surface area contributed by atoms with Crippen molar-refractivity contribution < 1.29 is 14.6 Å². The van der Waals surface area contributed by atoms with Gasteiger partial charge >= 0.3 is 6.03 Å². The number of methoxy groups -OCH3 is 1. The summed E-state index contributed by atoms with van der Waals surface area (Å²) in [5.41, 5.74) is 1.01. The Bertz CT molecular complexity index is 549. The zero-order valence-electron chi connectivity index (χ0n) is 15.9. The molecule has 0 spiro atoms. The Hall–Kier alpha value is -1.75. The quantitative estimate of drug-likeness (QED) is 0.830. The number of aliphatic hydroxyl groups is 1. The highest BCUT2D eigenvalue weighted by atomic mass is 16.5. The van der Waals surface area contributed by atoms with Crippen molar-refractivity contribution in [1.29, 1.82) is 0 Å². The van der Waals surface area contributed by atoms with Crippen LogP contribution < -0.4 is 10.1 Å². The van der Waals surface area contributed by atoms with E-state index < -0.39 is 0 Å². The van der Waals surface area contributed by atoms with Crippen LogP contribution in [0.4, 0.5) is 4.79 Å². The fourth-order valence-electron chi connectivity index (χ4n) is 3.45. The monoisotopic (exact) mass is 348 g/mol. The molecular formula is C20H32N2O3. The Morgan fingerprint density at radius 1 is 1.24 bits per heavy atom. The number of urea groups is 1. The molecule has 0 atom stereocenters. The van der Waals surface area contributed by atoms with Crippen molar-refractivity contribution in [3.05, 3.63) is 29.8 Å². The summed E-state index contributed by atoms with van der Waals surface area (Å²) >= 11 is 0.